The highest BCUT2D eigenvalue weighted by molar-refractivity contribution is 7.15. The average Bonchev–Trinajstić information content (AvgIpc) is 3.23. The smallest absolute Gasteiger partial charge is 0.271 e. The van der Waals surface area contributed by atoms with Gasteiger partial charge in [-0.2, -0.15) is 0 Å². The van der Waals surface area contributed by atoms with Gasteiger partial charge in [-0.25, -0.2) is 4.98 Å². The first kappa shape index (κ1) is 17.6. The summed E-state index contributed by atoms with van der Waals surface area (Å²) in [6, 6.07) is 0. The molecule has 0 aromatic carbocycles. The molecule has 2 saturated heterocycles. The number of amides is 1. The molecule has 4 rings (SSSR count). The lowest BCUT2D eigenvalue weighted by Crippen LogP contribution is -2.48. The third kappa shape index (κ3) is 2.86. The largest absolute Gasteiger partial charge is 0.347 e. The lowest BCUT2D eigenvalue weighted by Gasteiger charge is -2.37. The maximum Gasteiger partial charge on any atom is 0.271 e. The lowest BCUT2D eigenvalue weighted by molar-refractivity contribution is -0.181. The van der Waals surface area contributed by atoms with E-state index in [1.54, 1.807) is 9.30 Å². The number of hydrogen-bond donors (Lipinski definition) is 0. The van der Waals surface area contributed by atoms with Gasteiger partial charge in [-0.05, 0) is 0 Å². The van der Waals surface area contributed by atoms with Gasteiger partial charge in [-0.15, -0.1) is 11.3 Å². The van der Waals surface area contributed by atoms with Crippen LogP contribution in [0.5, 0.6) is 0 Å². The number of thiazole rings is 1. The number of likely N-dealkylation sites (tertiary alicyclic amines) is 1. The zero-order valence-corrected chi connectivity index (χ0v) is 16.1. The molecule has 7 nitrogen and oxygen atoms in total. The predicted molar refractivity (Wildman–Crippen MR) is 97.8 cm³/mol. The first-order valence-electron chi connectivity index (χ1n) is 8.88. The van der Waals surface area contributed by atoms with E-state index >= 15 is 0 Å². The van der Waals surface area contributed by atoms with E-state index in [4.69, 9.17) is 9.47 Å². The van der Waals surface area contributed by atoms with Crippen LogP contribution in [0.4, 0.5) is 0 Å². The van der Waals surface area contributed by atoms with Crippen molar-refractivity contribution in [1.82, 2.24) is 14.3 Å². The molecule has 0 atom stereocenters. The number of rotatable bonds is 1. The van der Waals surface area contributed by atoms with Gasteiger partial charge < -0.3 is 14.4 Å². The van der Waals surface area contributed by atoms with Crippen molar-refractivity contribution in [3.8, 4) is 0 Å². The molecule has 2 fully saturated rings. The summed E-state index contributed by atoms with van der Waals surface area (Å²) in [5.41, 5.74) is 0.491. The highest BCUT2D eigenvalue weighted by Crippen LogP contribution is 2.31. The van der Waals surface area contributed by atoms with Gasteiger partial charge in [-0.1, -0.05) is 20.8 Å². The van der Waals surface area contributed by atoms with E-state index in [-0.39, 0.29) is 22.4 Å². The SMILES string of the molecule is CC(C)(C)c1csc2ncc(C(=O)N3CCC4(CC3)OCCO4)c(=O)n12. The molecular weight excluding hydrogens is 354 g/mol. The first-order valence-corrected chi connectivity index (χ1v) is 9.76. The van der Waals surface area contributed by atoms with Crippen LogP contribution in [0.25, 0.3) is 4.96 Å². The quantitative estimate of drug-likeness (QED) is 0.760. The Kier molecular flexibility index (Phi) is 4.17. The molecule has 2 aliphatic rings. The molecule has 2 aromatic heterocycles. The van der Waals surface area contributed by atoms with Crippen molar-refractivity contribution in [3.63, 3.8) is 0 Å². The molecule has 0 radical (unpaired) electrons. The van der Waals surface area contributed by atoms with Gasteiger partial charge in [-0.3, -0.25) is 14.0 Å². The van der Waals surface area contributed by atoms with Crippen LogP contribution in [0.15, 0.2) is 16.4 Å². The summed E-state index contributed by atoms with van der Waals surface area (Å²) < 4.78 is 13.0. The molecule has 2 aromatic rings. The second-order valence-corrected chi connectivity index (χ2v) is 8.70. The number of hydrogen-bond acceptors (Lipinski definition) is 6. The summed E-state index contributed by atoms with van der Waals surface area (Å²) >= 11 is 1.42. The number of nitrogens with zero attached hydrogens (tertiary/aromatic N) is 3. The van der Waals surface area contributed by atoms with Crippen LogP contribution in [-0.2, 0) is 14.9 Å². The Balaban J connectivity index is 1.63. The molecule has 140 valence electrons. The summed E-state index contributed by atoms with van der Waals surface area (Å²) in [6.45, 7) is 8.35. The van der Waals surface area contributed by atoms with Crippen LogP contribution in [0.3, 0.4) is 0 Å². The van der Waals surface area contributed by atoms with E-state index < -0.39 is 5.79 Å². The summed E-state index contributed by atoms with van der Waals surface area (Å²) in [7, 11) is 0. The number of ether oxygens (including phenoxy) is 2. The van der Waals surface area contributed by atoms with Gasteiger partial charge in [0.1, 0.15) is 5.56 Å². The summed E-state index contributed by atoms with van der Waals surface area (Å²) in [5, 5.41) is 1.94. The fourth-order valence-electron chi connectivity index (χ4n) is 3.56. The Hall–Kier alpha value is -1.77. The Labute approximate surface area is 155 Å². The second-order valence-electron chi connectivity index (χ2n) is 7.87. The fourth-order valence-corrected chi connectivity index (χ4v) is 4.64. The number of carbonyl (C=O) groups excluding carboxylic acids is 1. The second kappa shape index (κ2) is 6.14. The van der Waals surface area contributed by atoms with E-state index in [0.717, 1.165) is 5.69 Å². The van der Waals surface area contributed by atoms with Crippen molar-refractivity contribution in [2.24, 2.45) is 0 Å². The third-order valence-corrected chi connectivity index (χ3v) is 5.91. The molecule has 2 aliphatic heterocycles. The Morgan fingerprint density at radius 3 is 2.50 bits per heavy atom. The summed E-state index contributed by atoms with van der Waals surface area (Å²) in [4.78, 5) is 32.6. The standard InChI is InChI=1S/C18H23N3O4S/c1-17(2,3)13-11-26-16-19-10-12(15(23)21(13)16)14(22)20-6-4-18(5-7-20)24-8-9-25-18/h10-11H,4-9H2,1-3H3. The van der Waals surface area contributed by atoms with E-state index in [0.29, 0.717) is 44.1 Å². The van der Waals surface area contributed by atoms with Gasteiger partial charge >= 0.3 is 0 Å². The zero-order valence-electron chi connectivity index (χ0n) is 15.3. The molecule has 8 heteroatoms. The molecule has 26 heavy (non-hydrogen) atoms. The topological polar surface area (TPSA) is 73.1 Å². The van der Waals surface area contributed by atoms with Crippen LogP contribution >= 0.6 is 11.3 Å². The number of fused-ring (bicyclic) bond motifs is 1. The molecular formula is C18H23N3O4S. The monoisotopic (exact) mass is 377 g/mol. The lowest BCUT2D eigenvalue weighted by atomic mass is 9.93. The van der Waals surface area contributed by atoms with Crippen LogP contribution in [0, 0.1) is 0 Å². The van der Waals surface area contributed by atoms with Crippen LogP contribution in [0.1, 0.15) is 49.7 Å². The van der Waals surface area contributed by atoms with Crippen LogP contribution < -0.4 is 5.56 Å². The minimum Gasteiger partial charge on any atom is -0.347 e. The minimum absolute atomic E-state index is 0.121. The first-order chi connectivity index (χ1) is 12.3. The Morgan fingerprint density at radius 1 is 1.23 bits per heavy atom. The number of carbonyl (C=O) groups is 1. The minimum atomic E-state index is -0.541. The van der Waals surface area contributed by atoms with Crippen LogP contribution in [0.2, 0.25) is 0 Å². The van der Waals surface area contributed by atoms with Crippen LogP contribution in [-0.4, -0.2) is 52.3 Å². The molecule has 0 bridgehead atoms. The third-order valence-electron chi connectivity index (χ3n) is 5.07. The maximum atomic E-state index is 13.0. The average molecular weight is 377 g/mol. The summed E-state index contributed by atoms with van der Waals surface area (Å²) in [6.07, 6.45) is 2.67. The molecule has 1 amide bonds. The predicted octanol–water partition coefficient (Wildman–Crippen LogP) is 2.03. The zero-order chi connectivity index (χ0) is 18.5. The highest BCUT2D eigenvalue weighted by Gasteiger charge is 2.41. The molecule has 0 unspecified atom stereocenters. The molecule has 0 aliphatic carbocycles. The van der Waals surface area contributed by atoms with Crippen molar-refractivity contribution in [2.75, 3.05) is 26.3 Å². The highest BCUT2D eigenvalue weighted by atomic mass is 32.1. The van der Waals surface area contributed by atoms with Gasteiger partial charge in [0.2, 0.25) is 0 Å². The van der Waals surface area contributed by atoms with E-state index in [9.17, 15) is 9.59 Å². The van der Waals surface area contributed by atoms with Crippen molar-refractivity contribution >= 4 is 22.2 Å². The fraction of sp³-hybridized carbons (Fsp3) is 0.611. The summed E-state index contributed by atoms with van der Waals surface area (Å²) in [5.74, 6) is -0.809. The van der Waals surface area contributed by atoms with Crippen molar-refractivity contribution in [2.45, 2.75) is 44.8 Å². The molecule has 1 spiro atoms. The Bertz CT molecular complexity index is 895. The van der Waals surface area contributed by atoms with Gasteiger partial charge in [0.05, 0.1) is 13.2 Å². The van der Waals surface area contributed by atoms with Gasteiger partial charge in [0.25, 0.3) is 11.5 Å². The number of aromatic nitrogens is 2. The van der Waals surface area contributed by atoms with E-state index in [2.05, 4.69) is 4.98 Å². The van der Waals surface area contributed by atoms with Gasteiger partial charge in [0, 0.05) is 48.6 Å². The normalized spacial score (nSPS) is 20.2. The van der Waals surface area contributed by atoms with Crippen molar-refractivity contribution in [3.05, 3.63) is 33.2 Å². The number of piperidine rings is 1. The van der Waals surface area contributed by atoms with Gasteiger partial charge in [0.15, 0.2) is 10.7 Å². The Morgan fingerprint density at radius 2 is 1.88 bits per heavy atom. The molecule has 0 saturated carbocycles. The van der Waals surface area contributed by atoms with Crippen molar-refractivity contribution in [1.29, 1.82) is 0 Å². The molecule has 4 heterocycles. The van der Waals surface area contributed by atoms with E-state index in [1.165, 1.54) is 17.5 Å². The van der Waals surface area contributed by atoms with Crippen molar-refractivity contribution < 1.29 is 14.3 Å². The molecule has 0 N–H and O–H groups in total. The van der Waals surface area contributed by atoms with E-state index in [1.807, 2.05) is 26.2 Å². The maximum absolute atomic E-state index is 13.0.